The third-order valence-corrected chi connectivity index (χ3v) is 2.96. The summed E-state index contributed by atoms with van der Waals surface area (Å²) in [5.41, 5.74) is 6.38. The predicted molar refractivity (Wildman–Crippen MR) is 76.0 cm³/mol. The molecule has 2 aromatic rings. The van der Waals surface area contributed by atoms with Crippen LogP contribution in [0.4, 0.5) is 5.69 Å². The van der Waals surface area contributed by atoms with Gasteiger partial charge in [-0.05, 0) is 42.9 Å². The number of benzene rings is 1. The highest BCUT2D eigenvalue weighted by Crippen LogP contribution is 2.13. The molecule has 0 radical (unpaired) electrons. The number of nitrogens with zero attached hydrogens (tertiary/aromatic N) is 1. The molecule has 102 valence electrons. The first-order valence-corrected chi connectivity index (χ1v) is 6.51. The van der Waals surface area contributed by atoms with Crippen LogP contribution in [0.15, 0.2) is 47.1 Å². The van der Waals surface area contributed by atoms with Gasteiger partial charge in [0.15, 0.2) is 0 Å². The average Bonchev–Trinajstić information content (AvgIpc) is 2.93. The first-order chi connectivity index (χ1) is 9.28. The number of anilines is 1. The Hall–Kier alpha value is -1.94. The van der Waals surface area contributed by atoms with Gasteiger partial charge in [0.1, 0.15) is 18.1 Å². The van der Waals surface area contributed by atoms with Gasteiger partial charge in [-0.1, -0.05) is 6.92 Å². The molecule has 0 amide bonds. The zero-order valence-electron chi connectivity index (χ0n) is 11.2. The Labute approximate surface area is 113 Å². The van der Waals surface area contributed by atoms with Crippen LogP contribution in [0.25, 0.3) is 0 Å². The Morgan fingerprint density at radius 1 is 1.21 bits per heavy atom. The van der Waals surface area contributed by atoms with E-state index in [2.05, 4.69) is 11.8 Å². The van der Waals surface area contributed by atoms with Gasteiger partial charge in [0.25, 0.3) is 0 Å². The van der Waals surface area contributed by atoms with Crippen molar-refractivity contribution in [3.8, 4) is 5.75 Å². The Morgan fingerprint density at radius 2 is 2.00 bits per heavy atom. The summed E-state index contributed by atoms with van der Waals surface area (Å²) >= 11 is 0. The van der Waals surface area contributed by atoms with Gasteiger partial charge in [-0.3, -0.25) is 4.90 Å². The molecule has 1 aromatic heterocycles. The van der Waals surface area contributed by atoms with Crippen molar-refractivity contribution in [2.45, 2.75) is 13.5 Å². The van der Waals surface area contributed by atoms with Crippen LogP contribution in [0.5, 0.6) is 5.75 Å². The Kier molecular flexibility index (Phi) is 4.86. The van der Waals surface area contributed by atoms with Crippen molar-refractivity contribution >= 4 is 5.69 Å². The Balaban J connectivity index is 1.75. The number of nitrogens with two attached hydrogens (primary N) is 1. The van der Waals surface area contributed by atoms with Gasteiger partial charge >= 0.3 is 0 Å². The van der Waals surface area contributed by atoms with Crippen molar-refractivity contribution in [2.24, 2.45) is 0 Å². The fourth-order valence-electron chi connectivity index (χ4n) is 1.83. The van der Waals surface area contributed by atoms with Crippen LogP contribution in [-0.2, 0) is 6.54 Å². The van der Waals surface area contributed by atoms with Gasteiger partial charge in [0.2, 0.25) is 0 Å². The number of rotatable bonds is 7. The summed E-state index contributed by atoms with van der Waals surface area (Å²) in [6, 6.07) is 11.4. The SMILES string of the molecule is CCN(CCOc1ccc(N)cc1)Cc1ccco1. The van der Waals surface area contributed by atoms with Crippen LogP contribution in [0.2, 0.25) is 0 Å². The lowest BCUT2D eigenvalue weighted by Crippen LogP contribution is -2.27. The lowest BCUT2D eigenvalue weighted by molar-refractivity contribution is 0.199. The molecule has 0 saturated carbocycles. The Bertz CT molecular complexity index is 465. The highest BCUT2D eigenvalue weighted by Gasteiger charge is 2.05. The first-order valence-electron chi connectivity index (χ1n) is 6.51. The largest absolute Gasteiger partial charge is 0.492 e. The third-order valence-electron chi connectivity index (χ3n) is 2.96. The number of hydrogen-bond acceptors (Lipinski definition) is 4. The normalized spacial score (nSPS) is 10.8. The zero-order valence-corrected chi connectivity index (χ0v) is 11.2. The zero-order chi connectivity index (χ0) is 13.5. The number of ether oxygens (including phenoxy) is 1. The van der Waals surface area contributed by atoms with Gasteiger partial charge in [-0.25, -0.2) is 0 Å². The van der Waals surface area contributed by atoms with Crippen LogP contribution >= 0.6 is 0 Å². The maximum Gasteiger partial charge on any atom is 0.119 e. The van der Waals surface area contributed by atoms with E-state index in [4.69, 9.17) is 14.9 Å². The second-order valence-corrected chi connectivity index (χ2v) is 4.37. The lowest BCUT2D eigenvalue weighted by atomic mass is 10.3. The van der Waals surface area contributed by atoms with Crippen molar-refractivity contribution < 1.29 is 9.15 Å². The van der Waals surface area contributed by atoms with E-state index in [1.807, 2.05) is 36.4 Å². The van der Waals surface area contributed by atoms with Crippen molar-refractivity contribution in [1.29, 1.82) is 0 Å². The lowest BCUT2D eigenvalue weighted by Gasteiger charge is -2.19. The van der Waals surface area contributed by atoms with Crippen LogP contribution in [0, 0.1) is 0 Å². The second-order valence-electron chi connectivity index (χ2n) is 4.37. The average molecular weight is 260 g/mol. The summed E-state index contributed by atoms with van der Waals surface area (Å²) in [5.74, 6) is 1.83. The summed E-state index contributed by atoms with van der Waals surface area (Å²) < 4.78 is 11.0. The molecule has 1 heterocycles. The number of furan rings is 1. The molecule has 0 aliphatic rings. The molecule has 1 aromatic carbocycles. The quantitative estimate of drug-likeness (QED) is 0.778. The predicted octanol–water partition coefficient (Wildman–Crippen LogP) is 2.76. The molecule has 0 bridgehead atoms. The van der Waals surface area contributed by atoms with E-state index in [0.29, 0.717) is 6.61 Å². The van der Waals surface area contributed by atoms with Crippen LogP contribution in [0.3, 0.4) is 0 Å². The molecule has 19 heavy (non-hydrogen) atoms. The van der Waals surface area contributed by atoms with Gasteiger partial charge in [-0.2, -0.15) is 0 Å². The maximum absolute atomic E-state index is 5.68. The number of nitrogen functional groups attached to an aromatic ring is 1. The molecule has 4 nitrogen and oxygen atoms in total. The van der Waals surface area contributed by atoms with Crippen LogP contribution < -0.4 is 10.5 Å². The summed E-state index contributed by atoms with van der Waals surface area (Å²) in [6.45, 7) is 5.42. The molecular weight excluding hydrogens is 240 g/mol. The highest BCUT2D eigenvalue weighted by atomic mass is 16.5. The molecule has 0 unspecified atom stereocenters. The third kappa shape index (κ3) is 4.34. The number of hydrogen-bond donors (Lipinski definition) is 1. The monoisotopic (exact) mass is 260 g/mol. The molecule has 0 aliphatic heterocycles. The molecule has 0 fully saturated rings. The molecule has 2 N–H and O–H groups in total. The molecule has 2 rings (SSSR count). The fourth-order valence-corrected chi connectivity index (χ4v) is 1.83. The van der Waals surface area contributed by atoms with Gasteiger partial charge in [0, 0.05) is 12.2 Å². The maximum atomic E-state index is 5.68. The second kappa shape index (κ2) is 6.85. The van der Waals surface area contributed by atoms with Crippen LogP contribution in [0.1, 0.15) is 12.7 Å². The first kappa shape index (κ1) is 13.5. The standard InChI is InChI=1S/C15H20N2O2/c1-2-17(12-15-4-3-10-18-15)9-11-19-14-7-5-13(16)6-8-14/h3-8,10H,2,9,11-12,16H2,1H3. The fraction of sp³-hybridized carbons (Fsp3) is 0.333. The van der Waals surface area contributed by atoms with Gasteiger partial charge in [-0.15, -0.1) is 0 Å². The molecule has 0 saturated heterocycles. The van der Waals surface area contributed by atoms with E-state index < -0.39 is 0 Å². The molecule has 0 spiro atoms. The molecule has 4 heteroatoms. The smallest absolute Gasteiger partial charge is 0.119 e. The van der Waals surface area contributed by atoms with E-state index >= 15 is 0 Å². The molecule has 0 aliphatic carbocycles. The van der Waals surface area contributed by atoms with Crippen molar-refractivity contribution in [2.75, 3.05) is 25.4 Å². The van der Waals surface area contributed by atoms with Crippen molar-refractivity contribution in [3.05, 3.63) is 48.4 Å². The van der Waals surface area contributed by atoms with Crippen LogP contribution in [-0.4, -0.2) is 24.6 Å². The van der Waals surface area contributed by atoms with E-state index in [-0.39, 0.29) is 0 Å². The summed E-state index contributed by atoms with van der Waals surface area (Å²) in [5, 5.41) is 0. The van der Waals surface area contributed by atoms with E-state index in [1.165, 1.54) is 0 Å². The highest BCUT2D eigenvalue weighted by molar-refractivity contribution is 5.41. The Morgan fingerprint density at radius 3 is 2.63 bits per heavy atom. The van der Waals surface area contributed by atoms with E-state index in [1.54, 1.807) is 6.26 Å². The summed E-state index contributed by atoms with van der Waals surface area (Å²) in [6.07, 6.45) is 1.70. The van der Waals surface area contributed by atoms with Crippen molar-refractivity contribution in [3.63, 3.8) is 0 Å². The van der Waals surface area contributed by atoms with Gasteiger partial charge in [0.05, 0.1) is 12.8 Å². The minimum Gasteiger partial charge on any atom is -0.492 e. The summed E-state index contributed by atoms with van der Waals surface area (Å²) in [7, 11) is 0. The minimum atomic E-state index is 0.651. The van der Waals surface area contributed by atoms with E-state index in [9.17, 15) is 0 Å². The minimum absolute atomic E-state index is 0.651. The van der Waals surface area contributed by atoms with E-state index in [0.717, 1.165) is 36.8 Å². The molecular formula is C15H20N2O2. The summed E-state index contributed by atoms with van der Waals surface area (Å²) in [4.78, 5) is 2.27. The topological polar surface area (TPSA) is 51.6 Å². The number of likely N-dealkylation sites (N-methyl/N-ethyl adjacent to an activating group) is 1. The van der Waals surface area contributed by atoms with Gasteiger partial charge < -0.3 is 14.9 Å². The van der Waals surface area contributed by atoms with Crippen molar-refractivity contribution in [1.82, 2.24) is 4.90 Å². The molecule has 0 atom stereocenters.